The smallest absolute Gasteiger partial charge is 0.255 e. The molecule has 5 nitrogen and oxygen atoms in total. The van der Waals surface area contributed by atoms with E-state index in [-0.39, 0.29) is 17.9 Å². The largest absolute Gasteiger partial charge is 0.338 e. The normalized spacial score (nSPS) is 24.2. The SMILES string of the molecule is CCCC(=O)N1C[C@H]2CC[C@@H]1CN(C(=O)c1cccnc1)C2. The summed E-state index contributed by atoms with van der Waals surface area (Å²) in [4.78, 5) is 32.9. The third kappa shape index (κ3) is 2.98. The quantitative estimate of drug-likeness (QED) is 0.857. The van der Waals surface area contributed by atoms with E-state index in [0.717, 1.165) is 32.4 Å². The van der Waals surface area contributed by atoms with Crippen LogP contribution in [0.5, 0.6) is 0 Å². The van der Waals surface area contributed by atoms with Crippen molar-refractivity contribution >= 4 is 11.8 Å². The minimum atomic E-state index is 0.0368. The number of hydrogen-bond donors (Lipinski definition) is 0. The number of amides is 2. The molecule has 0 saturated carbocycles. The van der Waals surface area contributed by atoms with Gasteiger partial charge in [-0.05, 0) is 37.3 Å². The Bertz CT molecular complexity index is 546. The summed E-state index contributed by atoms with van der Waals surface area (Å²) in [5.41, 5.74) is 0.634. The van der Waals surface area contributed by atoms with E-state index in [1.165, 1.54) is 0 Å². The van der Waals surface area contributed by atoms with E-state index in [1.807, 2.05) is 22.8 Å². The molecule has 5 heteroatoms. The van der Waals surface area contributed by atoms with Crippen molar-refractivity contribution in [3.05, 3.63) is 30.1 Å². The lowest BCUT2D eigenvalue weighted by Crippen LogP contribution is -2.47. The van der Waals surface area contributed by atoms with Crippen LogP contribution in [0.1, 0.15) is 43.0 Å². The van der Waals surface area contributed by atoms with Gasteiger partial charge in [0.05, 0.1) is 5.56 Å². The van der Waals surface area contributed by atoms with E-state index in [2.05, 4.69) is 4.98 Å². The van der Waals surface area contributed by atoms with Crippen LogP contribution in [0.4, 0.5) is 0 Å². The standard InChI is InChI=1S/C17H23N3O2/c1-2-4-16(21)20-11-13-6-7-15(20)12-19(10-13)17(22)14-5-3-8-18-9-14/h3,5,8-9,13,15H,2,4,6-7,10-12H2,1H3/t13-,15+/m0/s1. The number of pyridine rings is 1. The summed E-state index contributed by atoms with van der Waals surface area (Å²) in [6, 6.07) is 3.78. The van der Waals surface area contributed by atoms with Crippen molar-refractivity contribution in [1.82, 2.24) is 14.8 Å². The summed E-state index contributed by atoms with van der Waals surface area (Å²) in [5, 5.41) is 0. The topological polar surface area (TPSA) is 53.5 Å². The molecule has 0 aromatic carbocycles. The van der Waals surface area contributed by atoms with Crippen LogP contribution in [0.3, 0.4) is 0 Å². The molecular weight excluding hydrogens is 278 g/mol. The molecule has 118 valence electrons. The van der Waals surface area contributed by atoms with Gasteiger partial charge in [-0.15, -0.1) is 0 Å². The van der Waals surface area contributed by atoms with Crippen molar-refractivity contribution in [2.75, 3.05) is 19.6 Å². The molecule has 3 fully saturated rings. The highest BCUT2D eigenvalue weighted by Gasteiger charge is 2.38. The Hall–Kier alpha value is -1.91. The van der Waals surface area contributed by atoms with Gasteiger partial charge in [-0.1, -0.05) is 6.92 Å². The van der Waals surface area contributed by atoms with Gasteiger partial charge < -0.3 is 9.80 Å². The Kier molecular flexibility index (Phi) is 4.41. The molecule has 2 bridgehead atoms. The Morgan fingerprint density at radius 2 is 2.14 bits per heavy atom. The fraction of sp³-hybridized carbons (Fsp3) is 0.588. The fourth-order valence-corrected chi connectivity index (χ4v) is 3.58. The summed E-state index contributed by atoms with van der Waals surface area (Å²) >= 11 is 0. The molecule has 0 radical (unpaired) electrons. The van der Waals surface area contributed by atoms with Crippen LogP contribution in [-0.2, 0) is 4.79 Å². The Morgan fingerprint density at radius 1 is 1.27 bits per heavy atom. The lowest BCUT2D eigenvalue weighted by Gasteiger charge is -2.36. The van der Waals surface area contributed by atoms with Gasteiger partial charge in [-0.3, -0.25) is 14.6 Å². The van der Waals surface area contributed by atoms with Crippen LogP contribution in [0.15, 0.2) is 24.5 Å². The van der Waals surface area contributed by atoms with Crippen molar-refractivity contribution in [2.45, 2.75) is 38.6 Å². The summed E-state index contributed by atoms with van der Waals surface area (Å²) in [7, 11) is 0. The van der Waals surface area contributed by atoms with Gasteiger partial charge in [0.2, 0.25) is 5.91 Å². The molecule has 3 aliphatic heterocycles. The average Bonchev–Trinajstić information content (AvgIpc) is 2.87. The highest BCUT2D eigenvalue weighted by molar-refractivity contribution is 5.94. The van der Waals surface area contributed by atoms with Gasteiger partial charge in [0, 0.05) is 44.5 Å². The first-order chi connectivity index (χ1) is 10.7. The minimum absolute atomic E-state index is 0.0368. The molecule has 4 rings (SSSR count). The maximum Gasteiger partial charge on any atom is 0.255 e. The first-order valence-corrected chi connectivity index (χ1v) is 8.17. The van der Waals surface area contributed by atoms with Crippen LogP contribution in [0, 0.1) is 5.92 Å². The van der Waals surface area contributed by atoms with Crippen LogP contribution in [0.2, 0.25) is 0 Å². The lowest BCUT2D eigenvalue weighted by atomic mass is 9.94. The van der Waals surface area contributed by atoms with Gasteiger partial charge in [-0.25, -0.2) is 0 Å². The molecule has 22 heavy (non-hydrogen) atoms. The van der Waals surface area contributed by atoms with Crippen LogP contribution >= 0.6 is 0 Å². The molecule has 2 atom stereocenters. The van der Waals surface area contributed by atoms with Gasteiger partial charge >= 0.3 is 0 Å². The molecule has 3 saturated heterocycles. The van der Waals surface area contributed by atoms with E-state index in [4.69, 9.17) is 0 Å². The highest BCUT2D eigenvalue weighted by atomic mass is 16.2. The zero-order valence-corrected chi connectivity index (χ0v) is 13.1. The number of carbonyl (C=O) groups is 2. The second-order valence-corrected chi connectivity index (χ2v) is 6.35. The number of fused-ring (bicyclic) bond motifs is 4. The van der Waals surface area contributed by atoms with E-state index in [1.54, 1.807) is 18.5 Å². The van der Waals surface area contributed by atoms with Crippen molar-refractivity contribution in [1.29, 1.82) is 0 Å². The predicted molar refractivity (Wildman–Crippen MR) is 83.3 cm³/mol. The minimum Gasteiger partial charge on any atom is -0.338 e. The summed E-state index contributed by atoms with van der Waals surface area (Å²) in [5.74, 6) is 0.683. The molecule has 0 spiro atoms. The van der Waals surface area contributed by atoms with Crippen LogP contribution < -0.4 is 0 Å². The first-order valence-electron chi connectivity index (χ1n) is 8.17. The number of nitrogens with zero attached hydrogens (tertiary/aromatic N) is 3. The molecule has 2 amide bonds. The third-order valence-electron chi connectivity index (χ3n) is 4.69. The molecule has 0 N–H and O–H groups in total. The Labute approximate surface area is 131 Å². The summed E-state index contributed by atoms with van der Waals surface area (Å²) in [6.45, 7) is 4.24. The van der Waals surface area contributed by atoms with Crippen molar-refractivity contribution < 1.29 is 9.59 Å². The predicted octanol–water partition coefficient (Wildman–Crippen LogP) is 1.94. The van der Waals surface area contributed by atoms with Gasteiger partial charge in [0.1, 0.15) is 0 Å². The maximum absolute atomic E-state index is 12.7. The zero-order valence-electron chi connectivity index (χ0n) is 13.1. The van der Waals surface area contributed by atoms with E-state index in [0.29, 0.717) is 24.4 Å². The molecule has 3 aliphatic rings. The number of hydrogen-bond acceptors (Lipinski definition) is 3. The maximum atomic E-state index is 12.7. The van der Waals surface area contributed by atoms with Crippen molar-refractivity contribution in [2.24, 2.45) is 5.92 Å². The van der Waals surface area contributed by atoms with Crippen LogP contribution in [-0.4, -0.2) is 52.3 Å². The van der Waals surface area contributed by atoms with Crippen LogP contribution in [0.25, 0.3) is 0 Å². The van der Waals surface area contributed by atoms with E-state index >= 15 is 0 Å². The lowest BCUT2D eigenvalue weighted by molar-refractivity contribution is -0.135. The number of rotatable bonds is 3. The summed E-state index contributed by atoms with van der Waals surface area (Å²) in [6.07, 6.45) is 6.91. The number of aromatic nitrogens is 1. The third-order valence-corrected chi connectivity index (χ3v) is 4.69. The molecule has 0 unspecified atom stereocenters. The summed E-state index contributed by atoms with van der Waals surface area (Å²) < 4.78 is 0. The second-order valence-electron chi connectivity index (χ2n) is 6.35. The first kappa shape index (κ1) is 15.0. The van der Waals surface area contributed by atoms with Crippen molar-refractivity contribution in [3.63, 3.8) is 0 Å². The Balaban J connectivity index is 1.75. The highest BCUT2D eigenvalue weighted by Crippen LogP contribution is 2.29. The molecular formula is C17H23N3O2. The van der Waals surface area contributed by atoms with E-state index < -0.39 is 0 Å². The van der Waals surface area contributed by atoms with Crippen molar-refractivity contribution in [3.8, 4) is 0 Å². The van der Waals surface area contributed by atoms with Gasteiger partial charge in [-0.2, -0.15) is 0 Å². The second kappa shape index (κ2) is 6.46. The molecule has 1 aromatic heterocycles. The number of carbonyl (C=O) groups excluding carboxylic acids is 2. The fourth-order valence-electron chi connectivity index (χ4n) is 3.58. The molecule has 4 heterocycles. The molecule has 0 aliphatic carbocycles. The monoisotopic (exact) mass is 301 g/mol. The average molecular weight is 301 g/mol. The van der Waals surface area contributed by atoms with E-state index in [9.17, 15) is 9.59 Å². The molecule has 1 aromatic rings. The van der Waals surface area contributed by atoms with Gasteiger partial charge in [0.15, 0.2) is 0 Å². The Morgan fingerprint density at radius 3 is 2.86 bits per heavy atom. The number of piperidine rings is 1. The van der Waals surface area contributed by atoms with Gasteiger partial charge in [0.25, 0.3) is 5.91 Å². The zero-order chi connectivity index (χ0) is 15.5.